The van der Waals surface area contributed by atoms with Gasteiger partial charge >= 0.3 is 6.18 Å². The van der Waals surface area contributed by atoms with Crippen LogP contribution in [0.1, 0.15) is 27.3 Å². The minimum Gasteiger partial charge on any atom is -0.320 e. The Bertz CT molecular complexity index is 1510. The molecule has 7 nitrogen and oxygen atoms in total. The lowest BCUT2D eigenvalue weighted by atomic mass is 10.1. The summed E-state index contributed by atoms with van der Waals surface area (Å²) in [6.45, 7) is 1.76. The highest BCUT2D eigenvalue weighted by atomic mass is 19.4. The van der Waals surface area contributed by atoms with Crippen molar-refractivity contribution in [3.63, 3.8) is 0 Å². The smallest absolute Gasteiger partial charge is 0.320 e. The van der Waals surface area contributed by atoms with Gasteiger partial charge in [-0.05, 0) is 42.8 Å². The number of halogens is 3. The molecule has 0 fully saturated rings. The lowest BCUT2D eigenvalue weighted by Gasteiger charge is -2.16. The summed E-state index contributed by atoms with van der Waals surface area (Å²) in [5, 5.41) is 6.49. The topological polar surface area (TPSA) is 86.0 Å². The molecule has 0 atom stereocenters. The normalized spacial score (nSPS) is 11.3. The number of carbonyl (C=O) groups excluding carboxylic acids is 1. The van der Waals surface area contributed by atoms with E-state index in [1.54, 1.807) is 42.6 Å². The molecule has 4 rings (SSSR count). The fourth-order valence-corrected chi connectivity index (χ4v) is 3.52. The molecule has 10 heteroatoms. The van der Waals surface area contributed by atoms with E-state index in [0.717, 1.165) is 22.4 Å². The molecule has 0 unspecified atom stereocenters. The molecule has 0 saturated carbocycles. The summed E-state index contributed by atoms with van der Waals surface area (Å²) < 4.78 is 42.9. The monoisotopic (exact) mass is 480 g/mol. The van der Waals surface area contributed by atoms with Crippen molar-refractivity contribution in [1.29, 1.82) is 0 Å². The highest BCUT2D eigenvalue weighted by Gasteiger charge is 2.34. The molecule has 0 bridgehead atoms. The van der Waals surface area contributed by atoms with E-state index in [1.807, 2.05) is 0 Å². The van der Waals surface area contributed by atoms with Gasteiger partial charge in [0.05, 0.1) is 17.8 Å². The van der Waals surface area contributed by atoms with Crippen LogP contribution in [0.2, 0.25) is 0 Å². The fraction of sp³-hybridized carbons (Fsp3) is 0.120. The van der Waals surface area contributed by atoms with Crippen LogP contribution in [0.4, 0.5) is 18.9 Å². The number of alkyl halides is 3. The van der Waals surface area contributed by atoms with E-state index in [0.29, 0.717) is 12.2 Å². The van der Waals surface area contributed by atoms with Crippen molar-refractivity contribution in [2.24, 2.45) is 0 Å². The molecule has 0 saturated heterocycles. The Morgan fingerprint density at radius 2 is 1.66 bits per heavy atom. The van der Waals surface area contributed by atoms with Crippen molar-refractivity contribution in [3.8, 4) is 5.69 Å². The molecular formula is C25H19F3N4O3. The van der Waals surface area contributed by atoms with Gasteiger partial charge in [-0.2, -0.15) is 18.3 Å². The molecule has 0 aliphatic carbocycles. The molecular weight excluding hydrogens is 461 g/mol. The molecule has 1 amide bonds. The van der Waals surface area contributed by atoms with Crippen molar-refractivity contribution >= 4 is 11.6 Å². The molecule has 4 aromatic rings. The van der Waals surface area contributed by atoms with Crippen molar-refractivity contribution in [2.45, 2.75) is 19.6 Å². The van der Waals surface area contributed by atoms with Gasteiger partial charge in [-0.3, -0.25) is 14.4 Å². The van der Waals surface area contributed by atoms with Gasteiger partial charge in [0, 0.05) is 29.7 Å². The summed E-state index contributed by atoms with van der Waals surface area (Å²) in [6, 6.07) is 17.3. The van der Waals surface area contributed by atoms with Crippen LogP contribution in [-0.4, -0.2) is 20.3 Å². The third kappa shape index (κ3) is 5.21. The SMILES string of the molecule is Cc1cc(=O)c(C(=O)Nc2ccc(Cn3ccccc3=O)cc2)nn1-c1ccccc1C(F)(F)F. The average Bonchev–Trinajstić information content (AvgIpc) is 2.81. The molecule has 1 N–H and O–H groups in total. The third-order valence-electron chi connectivity index (χ3n) is 5.22. The summed E-state index contributed by atoms with van der Waals surface area (Å²) in [5.41, 5.74) is -1.37. The molecule has 0 spiro atoms. The number of aromatic nitrogens is 3. The second-order valence-corrected chi connectivity index (χ2v) is 7.74. The molecule has 0 aliphatic heterocycles. The Kier molecular flexibility index (Phi) is 6.37. The number of carbonyl (C=O) groups is 1. The Labute approximate surface area is 197 Å². The fourth-order valence-electron chi connectivity index (χ4n) is 3.52. The Hall–Kier alpha value is -4.47. The number of nitrogens with one attached hydrogen (secondary N) is 1. The predicted octanol–water partition coefficient (Wildman–Crippen LogP) is 4.02. The quantitative estimate of drug-likeness (QED) is 0.468. The summed E-state index contributed by atoms with van der Waals surface area (Å²) in [5.74, 6) is -0.861. The number of pyridine rings is 1. The minimum absolute atomic E-state index is 0.142. The van der Waals surface area contributed by atoms with Crippen molar-refractivity contribution < 1.29 is 18.0 Å². The number of para-hydroxylation sites is 1. The van der Waals surface area contributed by atoms with E-state index in [2.05, 4.69) is 10.4 Å². The first-order chi connectivity index (χ1) is 16.6. The number of rotatable bonds is 5. The standard InChI is InChI=1S/C25H19F3N4O3/c1-16-14-21(33)23(30-32(16)20-7-3-2-6-19(20)25(26,27)28)24(35)29-18-11-9-17(10-12-18)15-31-13-5-4-8-22(31)34/h2-14H,15H2,1H3,(H,29,35). The highest BCUT2D eigenvalue weighted by molar-refractivity contribution is 6.02. The molecule has 2 aromatic carbocycles. The maximum absolute atomic E-state index is 13.5. The molecule has 2 aromatic heterocycles. The number of nitrogens with zero attached hydrogens (tertiary/aromatic N) is 3. The summed E-state index contributed by atoms with van der Waals surface area (Å²) in [6.07, 6.45) is -2.99. The number of hydrogen-bond donors (Lipinski definition) is 1. The minimum atomic E-state index is -4.65. The van der Waals surface area contributed by atoms with Crippen LogP contribution in [0, 0.1) is 6.92 Å². The summed E-state index contributed by atoms with van der Waals surface area (Å²) >= 11 is 0. The van der Waals surface area contributed by atoms with Crippen LogP contribution >= 0.6 is 0 Å². The Morgan fingerprint density at radius 3 is 2.34 bits per heavy atom. The third-order valence-corrected chi connectivity index (χ3v) is 5.22. The van der Waals surface area contributed by atoms with E-state index >= 15 is 0 Å². The van der Waals surface area contributed by atoms with E-state index in [1.165, 1.54) is 35.8 Å². The van der Waals surface area contributed by atoms with E-state index in [4.69, 9.17) is 0 Å². The van der Waals surface area contributed by atoms with E-state index < -0.39 is 28.8 Å². The van der Waals surface area contributed by atoms with Gasteiger partial charge in [0.2, 0.25) is 5.43 Å². The number of amides is 1. The zero-order chi connectivity index (χ0) is 25.2. The van der Waals surface area contributed by atoms with Gasteiger partial charge in [-0.15, -0.1) is 0 Å². The first-order valence-corrected chi connectivity index (χ1v) is 10.5. The second-order valence-electron chi connectivity index (χ2n) is 7.74. The Morgan fingerprint density at radius 1 is 0.971 bits per heavy atom. The van der Waals surface area contributed by atoms with Gasteiger partial charge in [-0.25, -0.2) is 4.68 Å². The van der Waals surface area contributed by atoms with Crippen molar-refractivity contribution in [2.75, 3.05) is 5.32 Å². The first-order valence-electron chi connectivity index (χ1n) is 10.5. The molecule has 178 valence electrons. The van der Waals surface area contributed by atoms with Gasteiger partial charge in [0.25, 0.3) is 11.5 Å². The largest absolute Gasteiger partial charge is 0.418 e. The number of hydrogen-bond acceptors (Lipinski definition) is 4. The van der Waals surface area contributed by atoms with Crippen LogP contribution in [0.3, 0.4) is 0 Å². The lowest BCUT2D eigenvalue weighted by Crippen LogP contribution is -2.27. The van der Waals surface area contributed by atoms with Crippen molar-refractivity contribution in [3.05, 3.63) is 122 Å². The maximum atomic E-state index is 13.5. The maximum Gasteiger partial charge on any atom is 0.418 e. The number of benzene rings is 2. The number of anilines is 1. The molecule has 35 heavy (non-hydrogen) atoms. The Balaban J connectivity index is 1.60. The summed E-state index contributed by atoms with van der Waals surface area (Å²) in [4.78, 5) is 37.1. The van der Waals surface area contributed by atoms with E-state index in [9.17, 15) is 27.6 Å². The molecule has 2 heterocycles. The highest BCUT2D eigenvalue weighted by Crippen LogP contribution is 2.33. The zero-order valence-electron chi connectivity index (χ0n) is 18.4. The first kappa shape index (κ1) is 23.7. The summed E-state index contributed by atoms with van der Waals surface area (Å²) in [7, 11) is 0. The number of aryl methyl sites for hydroxylation is 1. The van der Waals surface area contributed by atoms with Crippen LogP contribution < -0.4 is 16.3 Å². The molecule has 0 aliphatic rings. The van der Waals surface area contributed by atoms with Crippen LogP contribution in [-0.2, 0) is 12.7 Å². The van der Waals surface area contributed by atoms with Gasteiger partial charge in [0.15, 0.2) is 5.69 Å². The van der Waals surface area contributed by atoms with Gasteiger partial charge < -0.3 is 9.88 Å². The lowest BCUT2D eigenvalue weighted by molar-refractivity contribution is -0.137. The zero-order valence-corrected chi connectivity index (χ0v) is 18.4. The van der Waals surface area contributed by atoms with E-state index in [-0.39, 0.29) is 16.9 Å². The van der Waals surface area contributed by atoms with Crippen LogP contribution in [0.15, 0.2) is 88.6 Å². The van der Waals surface area contributed by atoms with Crippen molar-refractivity contribution in [1.82, 2.24) is 14.3 Å². The second kappa shape index (κ2) is 9.41. The molecule has 0 radical (unpaired) electrons. The van der Waals surface area contributed by atoms with Crippen LogP contribution in [0.5, 0.6) is 0 Å². The van der Waals surface area contributed by atoms with Gasteiger partial charge in [0.1, 0.15) is 0 Å². The van der Waals surface area contributed by atoms with Gasteiger partial charge in [-0.1, -0.05) is 30.3 Å². The van der Waals surface area contributed by atoms with Crippen LogP contribution in [0.25, 0.3) is 5.69 Å². The predicted molar refractivity (Wildman–Crippen MR) is 124 cm³/mol. The average molecular weight is 480 g/mol.